The summed E-state index contributed by atoms with van der Waals surface area (Å²) in [6.07, 6.45) is 88.5. The van der Waals surface area contributed by atoms with Gasteiger partial charge >= 0.3 is 17.9 Å². The molecule has 0 amide bonds. The molecular weight excluding hydrogens is 961 g/mol. The van der Waals surface area contributed by atoms with Crippen LogP contribution in [0.5, 0.6) is 0 Å². The molecule has 0 aliphatic heterocycles. The Morgan fingerprint density at radius 1 is 0.269 bits per heavy atom. The number of hydrogen-bond acceptors (Lipinski definition) is 6. The summed E-state index contributed by atoms with van der Waals surface area (Å²) >= 11 is 0. The Bertz CT molecular complexity index is 1530. The van der Waals surface area contributed by atoms with Crippen molar-refractivity contribution in [3.05, 3.63) is 97.2 Å². The highest BCUT2D eigenvalue weighted by Crippen LogP contribution is 2.17. The summed E-state index contributed by atoms with van der Waals surface area (Å²) in [5.41, 5.74) is 0. The van der Waals surface area contributed by atoms with Crippen molar-refractivity contribution in [3.63, 3.8) is 0 Å². The lowest BCUT2D eigenvalue weighted by molar-refractivity contribution is -0.167. The van der Waals surface area contributed by atoms with Gasteiger partial charge in [-0.3, -0.25) is 14.4 Å². The molecule has 0 aromatic carbocycles. The molecule has 0 aromatic rings. The third-order valence-electron chi connectivity index (χ3n) is 14.4. The van der Waals surface area contributed by atoms with Crippen molar-refractivity contribution in [1.82, 2.24) is 0 Å². The normalized spacial score (nSPS) is 12.7. The molecule has 0 spiro atoms. The lowest BCUT2D eigenvalue weighted by Crippen LogP contribution is -2.30. The van der Waals surface area contributed by atoms with Gasteiger partial charge in [-0.2, -0.15) is 0 Å². The fraction of sp³-hybridized carbons (Fsp3) is 0.736. The number of hydrogen-bond donors (Lipinski definition) is 0. The molecule has 6 heteroatoms. The molecule has 0 N–H and O–H groups in total. The Labute approximate surface area is 483 Å². The molecule has 6 nitrogen and oxygen atoms in total. The summed E-state index contributed by atoms with van der Waals surface area (Å²) in [6, 6.07) is 0. The Morgan fingerprint density at radius 3 is 0.782 bits per heavy atom. The first-order chi connectivity index (χ1) is 38.5. The summed E-state index contributed by atoms with van der Waals surface area (Å²) in [5, 5.41) is 0. The van der Waals surface area contributed by atoms with Crippen LogP contribution in [0.2, 0.25) is 0 Å². The Balaban J connectivity index is 4.15. The van der Waals surface area contributed by atoms with E-state index in [1.54, 1.807) is 0 Å². The minimum atomic E-state index is -0.774. The molecule has 0 aliphatic rings. The predicted molar refractivity (Wildman–Crippen MR) is 339 cm³/mol. The third kappa shape index (κ3) is 63.2. The van der Waals surface area contributed by atoms with E-state index in [4.69, 9.17) is 14.2 Å². The number of unbranched alkanes of at least 4 members (excludes halogenated alkanes) is 33. The molecule has 448 valence electrons. The maximum Gasteiger partial charge on any atom is 0.306 e. The van der Waals surface area contributed by atoms with Gasteiger partial charge in [0.15, 0.2) is 6.10 Å². The minimum absolute atomic E-state index is 0.0726. The van der Waals surface area contributed by atoms with E-state index in [0.717, 1.165) is 109 Å². The van der Waals surface area contributed by atoms with Gasteiger partial charge in [-0.05, 0) is 83.5 Å². The second-order valence-electron chi connectivity index (χ2n) is 22.0. The number of allylic oxidation sites excluding steroid dienone is 16. The minimum Gasteiger partial charge on any atom is -0.462 e. The number of carbonyl (C=O) groups excluding carboxylic acids is 3. The first-order valence-corrected chi connectivity index (χ1v) is 33.2. The topological polar surface area (TPSA) is 78.9 Å². The van der Waals surface area contributed by atoms with Gasteiger partial charge in [0.05, 0.1) is 0 Å². The quantitative estimate of drug-likeness (QED) is 0.0261. The van der Waals surface area contributed by atoms with E-state index < -0.39 is 6.10 Å². The van der Waals surface area contributed by atoms with Crippen LogP contribution in [0.25, 0.3) is 0 Å². The molecule has 78 heavy (non-hydrogen) atoms. The molecule has 0 aromatic heterocycles. The van der Waals surface area contributed by atoms with Crippen LogP contribution in [0.1, 0.15) is 323 Å². The maximum atomic E-state index is 12.9. The molecule has 1 unspecified atom stereocenters. The molecule has 1 atom stereocenters. The standard InChI is InChI=1S/C72H124O6/c1-4-7-10-13-16-19-22-24-26-27-28-29-30-31-32-33-34-35-36-37-38-39-40-41-42-43-44-45-46-48-50-53-56-59-62-65-71(74)77-68-69(67-76-70(73)64-61-58-55-52-49-21-18-15-12-9-6-3)78-72(75)66-63-60-57-54-51-47-25-23-20-17-14-11-8-5-2/h7,10,16,19,24,26,28-29,31-32,34-35,37-38,40-41,69H,4-6,8-9,11-15,17-18,20-23,25,27,30,33,36,39,42-68H2,1-3H3/b10-7-,19-16-,26-24-,29-28-,32-31-,35-34-,38-37-,41-40-. The van der Waals surface area contributed by atoms with Crippen molar-refractivity contribution in [2.24, 2.45) is 0 Å². The monoisotopic (exact) mass is 1080 g/mol. The highest BCUT2D eigenvalue weighted by atomic mass is 16.6. The first-order valence-electron chi connectivity index (χ1n) is 33.2. The van der Waals surface area contributed by atoms with Gasteiger partial charge in [0.1, 0.15) is 13.2 Å². The second kappa shape index (κ2) is 65.8. The average molecular weight is 1090 g/mol. The zero-order chi connectivity index (χ0) is 56.4. The lowest BCUT2D eigenvalue weighted by Gasteiger charge is -2.18. The van der Waals surface area contributed by atoms with Gasteiger partial charge in [0.2, 0.25) is 0 Å². The molecule has 0 rings (SSSR count). The molecule has 0 saturated heterocycles. The SMILES string of the molecule is CC/C=C\C/C=C\C/C=C\C/C=C\C/C=C\C/C=C\C/C=C\C/C=C\CCCCCCCCCCCCC(=O)OCC(COC(=O)CCCCCCCCCCCCC)OC(=O)CCCCCCCCCCCCCCCC. The summed E-state index contributed by atoms with van der Waals surface area (Å²) in [7, 11) is 0. The van der Waals surface area contributed by atoms with Crippen molar-refractivity contribution in [2.75, 3.05) is 13.2 Å². The molecule has 0 heterocycles. The highest BCUT2D eigenvalue weighted by molar-refractivity contribution is 5.71. The number of rotatable bonds is 60. The summed E-state index contributed by atoms with van der Waals surface area (Å²) < 4.78 is 16.9. The molecule has 0 fully saturated rings. The van der Waals surface area contributed by atoms with Crippen molar-refractivity contribution < 1.29 is 28.6 Å². The molecule has 0 radical (unpaired) electrons. The first kappa shape index (κ1) is 74.3. The van der Waals surface area contributed by atoms with E-state index in [2.05, 4.69) is 118 Å². The summed E-state index contributed by atoms with van der Waals surface area (Å²) in [6.45, 7) is 6.54. The van der Waals surface area contributed by atoms with Crippen LogP contribution in [-0.2, 0) is 28.6 Å². The van der Waals surface area contributed by atoms with Gasteiger partial charge in [-0.15, -0.1) is 0 Å². The maximum absolute atomic E-state index is 12.9. The largest absolute Gasteiger partial charge is 0.462 e. The summed E-state index contributed by atoms with van der Waals surface area (Å²) in [4.78, 5) is 38.2. The zero-order valence-corrected chi connectivity index (χ0v) is 51.4. The van der Waals surface area contributed by atoms with Crippen molar-refractivity contribution in [2.45, 2.75) is 329 Å². The van der Waals surface area contributed by atoms with E-state index in [0.29, 0.717) is 19.3 Å². The van der Waals surface area contributed by atoms with Crippen LogP contribution < -0.4 is 0 Å². The van der Waals surface area contributed by atoms with Crippen LogP contribution >= 0.6 is 0 Å². The molecule has 0 bridgehead atoms. The van der Waals surface area contributed by atoms with E-state index in [-0.39, 0.29) is 31.1 Å². The van der Waals surface area contributed by atoms with Gasteiger partial charge in [-0.1, -0.05) is 317 Å². The van der Waals surface area contributed by atoms with Crippen LogP contribution in [0.4, 0.5) is 0 Å². The smallest absolute Gasteiger partial charge is 0.306 e. The van der Waals surface area contributed by atoms with Crippen LogP contribution in [0, 0.1) is 0 Å². The van der Waals surface area contributed by atoms with Gasteiger partial charge in [0, 0.05) is 19.3 Å². The Hall–Kier alpha value is -3.67. The molecular formula is C72H124O6. The van der Waals surface area contributed by atoms with Crippen molar-refractivity contribution in [3.8, 4) is 0 Å². The van der Waals surface area contributed by atoms with Gasteiger partial charge in [0.25, 0.3) is 0 Å². The number of carbonyl (C=O) groups is 3. The molecule has 0 aliphatic carbocycles. The molecule has 0 saturated carbocycles. The fourth-order valence-corrected chi connectivity index (χ4v) is 9.40. The second-order valence-corrected chi connectivity index (χ2v) is 22.0. The fourth-order valence-electron chi connectivity index (χ4n) is 9.40. The highest BCUT2D eigenvalue weighted by Gasteiger charge is 2.19. The van der Waals surface area contributed by atoms with E-state index >= 15 is 0 Å². The van der Waals surface area contributed by atoms with Crippen molar-refractivity contribution >= 4 is 17.9 Å². The lowest BCUT2D eigenvalue weighted by atomic mass is 10.0. The van der Waals surface area contributed by atoms with Crippen LogP contribution in [-0.4, -0.2) is 37.2 Å². The Kier molecular flexibility index (Phi) is 62.7. The van der Waals surface area contributed by atoms with E-state index in [1.165, 1.54) is 173 Å². The van der Waals surface area contributed by atoms with Gasteiger partial charge < -0.3 is 14.2 Å². The number of ether oxygens (including phenoxy) is 3. The number of esters is 3. The van der Waals surface area contributed by atoms with E-state index in [1.807, 2.05) is 0 Å². The average Bonchev–Trinajstić information content (AvgIpc) is 3.44. The van der Waals surface area contributed by atoms with Crippen LogP contribution in [0.3, 0.4) is 0 Å². The third-order valence-corrected chi connectivity index (χ3v) is 14.4. The van der Waals surface area contributed by atoms with E-state index in [9.17, 15) is 14.4 Å². The summed E-state index contributed by atoms with van der Waals surface area (Å²) in [5.74, 6) is -0.864. The Morgan fingerprint density at radius 2 is 0.500 bits per heavy atom. The van der Waals surface area contributed by atoms with Gasteiger partial charge in [-0.25, -0.2) is 0 Å². The van der Waals surface area contributed by atoms with Crippen molar-refractivity contribution in [1.29, 1.82) is 0 Å². The van der Waals surface area contributed by atoms with Crippen LogP contribution in [0.15, 0.2) is 97.2 Å². The predicted octanol–water partition coefficient (Wildman–Crippen LogP) is 22.8. The zero-order valence-electron chi connectivity index (χ0n) is 51.4.